The van der Waals surface area contributed by atoms with Crippen LogP contribution in [0.25, 0.3) is 0 Å². The van der Waals surface area contributed by atoms with Crippen LogP contribution in [0.3, 0.4) is 0 Å². The van der Waals surface area contributed by atoms with Gasteiger partial charge in [0.15, 0.2) is 0 Å². The quantitative estimate of drug-likeness (QED) is 0.733. The molecule has 2 rings (SSSR count). The van der Waals surface area contributed by atoms with Crippen LogP contribution in [0.1, 0.15) is 24.7 Å². The maximum atomic E-state index is 6.05. The van der Waals surface area contributed by atoms with Crippen LogP contribution in [0.15, 0.2) is 21.3 Å². The molecule has 2 aromatic heterocycles. The van der Waals surface area contributed by atoms with Crippen LogP contribution < -0.4 is 4.90 Å². The van der Waals surface area contributed by atoms with Crippen LogP contribution >= 0.6 is 38.9 Å². The van der Waals surface area contributed by atoms with Gasteiger partial charge < -0.3 is 4.90 Å². The second kappa shape index (κ2) is 6.68. The number of rotatable bonds is 5. The van der Waals surface area contributed by atoms with E-state index < -0.39 is 0 Å². The molecule has 0 aliphatic heterocycles. The van der Waals surface area contributed by atoms with Crippen molar-refractivity contribution in [3.63, 3.8) is 0 Å². The zero-order valence-corrected chi connectivity index (χ0v) is 14.0. The van der Waals surface area contributed by atoms with E-state index in [2.05, 4.69) is 49.2 Å². The second-order valence-electron chi connectivity index (χ2n) is 4.33. The van der Waals surface area contributed by atoms with Crippen molar-refractivity contribution in [2.24, 2.45) is 0 Å². The van der Waals surface area contributed by atoms with E-state index in [4.69, 9.17) is 11.6 Å². The first-order valence-electron chi connectivity index (χ1n) is 6.06. The van der Waals surface area contributed by atoms with Gasteiger partial charge in [0.2, 0.25) is 0 Å². The fraction of sp³-hybridized carbons (Fsp3) is 0.385. The van der Waals surface area contributed by atoms with Crippen molar-refractivity contribution in [3.8, 4) is 0 Å². The van der Waals surface area contributed by atoms with E-state index in [1.165, 1.54) is 5.56 Å². The minimum Gasteiger partial charge on any atom is -0.355 e. The van der Waals surface area contributed by atoms with Gasteiger partial charge in [-0.2, -0.15) is 0 Å². The van der Waals surface area contributed by atoms with Crippen molar-refractivity contribution >= 4 is 44.7 Å². The predicted octanol–water partition coefficient (Wildman–Crippen LogP) is 4.54. The summed E-state index contributed by atoms with van der Waals surface area (Å²) in [7, 11) is 2.01. The fourth-order valence-corrected chi connectivity index (χ4v) is 3.16. The standard InChI is InChI=1S/C13H15BrClN3S/c1-3-4-12-16-11(15)6-13(17-12)18(2)7-9-5-10(14)19-8-9/h5-6,8H,3-4,7H2,1-2H3. The summed E-state index contributed by atoms with van der Waals surface area (Å²) < 4.78 is 1.14. The Morgan fingerprint density at radius 1 is 1.37 bits per heavy atom. The molecule has 0 spiro atoms. The van der Waals surface area contributed by atoms with Crippen LogP contribution in [0.5, 0.6) is 0 Å². The van der Waals surface area contributed by atoms with Crippen LogP contribution in [-0.4, -0.2) is 17.0 Å². The molecule has 102 valence electrons. The third-order valence-electron chi connectivity index (χ3n) is 2.63. The highest BCUT2D eigenvalue weighted by atomic mass is 79.9. The van der Waals surface area contributed by atoms with E-state index in [0.29, 0.717) is 5.15 Å². The molecule has 0 aliphatic rings. The summed E-state index contributed by atoms with van der Waals surface area (Å²) in [6.45, 7) is 2.91. The first-order chi connectivity index (χ1) is 9.08. The summed E-state index contributed by atoms with van der Waals surface area (Å²) in [6.07, 6.45) is 1.87. The normalized spacial score (nSPS) is 10.7. The van der Waals surface area contributed by atoms with Crippen molar-refractivity contribution < 1.29 is 0 Å². The fourth-order valence-electron chi connectivity index (χ4n) is 1.77. The average molecular weight is 361 g/mol. The van der Waals surface area contributed by atoms with E-state index >= 15 is 0 Å². The Morgan fingerprint density at radius 2 is 2.16 bits per heavy atom. The molecule has 0 N–H and O–H groups in total. The molecular weight excluding hydrogens is 346 g/mol. The minimum atomic E-state index is 0.506. The second-order valence-corrected chi connectivity index (χ2v) is 7.01. The number of hydrogen-bond donors (Lipinski definition) is 0. The molecular formula is C13H15BrClN3S. The lowest BCUT2D eigenvalue weighted by atomic mass is 10.3. The molecule has 2 heterocycles. The third-order valence-corrected chi connectivity index (χ3v) is 4.38. The van der Waals surface area contributed by atoms with Crippen LogP contribution in [0.2, 0.25) is 5.15 Å². The van der Waals surface area contributed by atoms with Gasteiger partial charge in [-0.05, 0) is 39.4 Å². The summed E-state index contributed by atoms with van der Waals surface area (Å²) in [6, 6.07) is 3.93. The van der Waals surface area contributed by atoms with Gasteiger partial charge in [0.25, 0.3) is 0 Å². The van der Waals surface area contributed by atoms with Crippen LogP contribution in [0, 0.1) is 0 Å². The Balaban J connectivity index is 2.15. The monoisotopic (exact) mass is 359 g/mol. The van der Waals surface area contributed by atoms with Crippen molar-refractivity contribution in [1.82, 2.24) is 9.97 Å². The lowest BCUT2D eigenvalue weighted by molar-refractivity contribution is 0.812. The number of aryl methyl sites for hydroxylation is 1. The molecule has 6 heteroatoms. The molecule has 0 unspecified atom stereocenters. The smallest absolute Gasteiger partial charge is 0.134 e. The van der Waals surface area contributed by atoms with Crippen LogP contribution in [0.4, 0.5) is 5.82 Å². The number of aromatic nitrogens is 2. The summed E-state index contributed by atoms with van der Waals surface area (Å²) >= 11 is 11.2. The van der Waals surface area contributed by atoms with Crippen molar-refractivity contribution in [3.05, 3.63) is 37.8 Å². The zero-order valence-electron chi connectivity index (χ0n) is 10.9. The maximum absolute atomic E-state index is 6.05. The van der Waals surface area contributed by atoms with E-state index in [1.54, 1.807) is 11.3 Å². The van der Waals surface area contributed by atoms with Gasteiger partial charge in [0.1, 0.15) is 16.8 Å². The number of anilines is 1. The van der Waals surface area contributed by atoms with E-state index in [0.717, 1.165) is 34.8 Å². The predicted molar refractivity (Wildman–Crippen MR) is 85.2 cm³/mol. The molecule has 0 aliphatic carbocycles. The molecule has 0 saturated heterocycles. The number of hydrogen-bond acceptors (Lipinski definition) is 4. The van der Waals surface area contributed by atoms with Gasteiger partial charge in [-0.1, -0.05) is 18.5 Å². The Hall–Kier alpha value is -0.650. The summed E-state index contributed by atoms with van der Waals surface area (Å²) in [5.41, 5.74) is 1.26. The lowest BCUT2D eigenvalue weighted by Gasteiger charge is -2.18. The maximum Gasteiger partial charge on any atom is 0.134 e. The van der Waals surface area contributed by atoms with Gasteiger partial charge in [0.05, 0.1) is 3.79 Å². The highest BCUT2D eigenvalue weighted by Crippen LogP contribution is 2.23. The number of halogens is 2. The summed E-state index contributed by atoms with van der Waals surface area (Å²) in [5.74, 6) is 1.68. The molecule has 0 aromatic carbocycles. The van der Waals surface area contributed by atoms with Crippen LogP contribution in [-0.2, 0) is 13.0 Å². The van der Waals surface area contributed by atoms with Gasteiger partial charge in [0, 0.05) is 26.1 Å². The molecule has 0 saturated carbocycles. The molecule has 3 nitrogen and oxygen atoms in total. The molecule has 19 heavy (non-hydrogen) atoms. The molecule has 0 amide bonds. The zero-order chi connectivity index (χ0) is 13.8. The molecule has 0 radical (unpaired) electrons. The summed E-state index contributed by atoms with van der Waals surface area (Å²) in [4.78, 5) is 10.9. The molecule has 0 fully saturated rings. The van der Waals surface area contributed by atoms with E-state index in [1.807, 2.05) is 13.1 Å². The Morgan fingerprint density at radius 3 is 2.79 bits per heavy atom. The Bertz CT molecular complexity index is 559. The van der Waals surface area contributed by atoms with E-state index in [9.17, 15) is 0 Å². The number of thiophene rings is 1. The highest BCUT2D eigenvalue weighted by molar-refractivity contribution is 9.11. The highest BCUT2D eigenvalue weighted by Gasteiger charge is 2.09. The van der Waals surface area contributed by atoms with Gasteiger partial charge in [-0.15, -0.1) is 11.3 Å². The third kappa shape index (κ3) is 4.16. The molecule has 0 bridgehead atoms. The van der Waals surface area contributed by atoms with Crippen molar-refractivity contribution in [1.29, 1.82) is 0 Å². The SMILES string of the molecule is CCCc1nc(Cl)cc(N(C)Cc2csc(Br)c2)n1. The molecule has 2 aromatic rings. The first kappa shape index (κ1) is 14.8. The largest absolute Gasteiger partial charge is 0.355 e. The minimum absolute atomic E-state index is 0.506. The van der Waals surface area contributed by atoms with Crippen molar-refractivity contribution in [2.75, 3.05) is 11.9 Å². The van der Waals surface area contributed by atoms with Gasteiger partial charge in [-0.25, -0.2) is 9.97 Å². The number of nitrogens with zero attached hydrogens (tertiary/aromatic N) is 3. The molecule has 0 atom stereocenters. The van der Waals surface area contributed by atoms with Crippen molar-refractivity contribution in [2.45, 2.75) is 26.3 Å². The first-order valence-corrected chi connectivity index (χ1v) is 8.11. The van der Waals surface area contributed by atoms with E-state index in [-0.39, 0.29) is 0 Å². The van der Waals surface area contributed by atoms with Gasteiger partial charge >= 0.3 is 0 Å². The van der Waals surface area contributed by atoms with Gasteiger partial charge in [-0.3, -0.25) is 0 Å². The topological polar surface area (TPSA) is 29.0 Å². The Kier molecular flexibility index (Phi) is 5.19. The Labute approximate surface area is 130 Å². The lowest BCUT2D eigenvalue weighted by Crippen LogP contribution is -2.18. The average Bonchev–Trinajstić information content (AvgIpc) is 2.74. The summed E-state index contributed by atoms with van der Waals surface area (Å²) in [5, 5.41) is 2.64.